The summed E-state index contributed by atoms with van der Waals surface area (Å²) in [5.41, 5.74) is 0.345. The average Bonchev–Trinajstić information content (AvgIpc) is 2.49. The second kappa shape index (κ2) is 7.34. The Morgan fingerprint density at radius 2 is 1.71 bits per heavy atom. The summed E-state index contributed by atoms with van der Waals surface area (Å²) in [6, 6.07) is 11.9. The summed E-state index contributed by atoms with van der Waals surface area (Å²) in [5, 5.41) is 0.809. The summed E-state index contributed by atoms with van der Waals surface area (Å²) in [6.45, 7) is 2.27. The van der Waals surface area contributed by atoms with Crippen molar-refractivity contribution in [3.8, 4) is 11.5 Å². The lowest BCUT2D eigenvalue weighted by Gasteiger charge is -2.11. The van der Waals surface area contributed by atoms with E-state index in [0.717, 1.165) is 0 Å². The maximum absolute atomic E-state index is 12.2. The monoisotopic (exact) mass is 324 g/mol. The van der Waals surface area contributed by atoms with Crippen LogP contribution in [0, 0.1) is 0 Å². The van der Waals surface area contributed by atoms with Crippen molar-refractivity contribution in [2.75, 3.05) is 13.2 Å². The smallest absolute Gasteiger partial charge is 0.201 e. The van der Waals surface area contributed by atoms with E-state index in [1.54, 1.807) is 24.3 Å². The van der Waals surface area contributed by atoms with Gasteiger partial charge >= 0.3 is 0 Å². The number of carbonyl (C=O) groups is 1. The predicted molar refractivity (Wildman–Crippen MR) is 83.9 cm³/mol. The Hall–Kier alpha value is -1.71. The van der Waals surface area contributed by atoms with Crippen LogP contribution in [0.5, 0.6) is 11.5 Å². The number of rotatable bonds is 6. The number of benzene rings is 2. The van der Waals surface area contributed by atoms with Gasteiger partial charge in [-0.25, -0.2) is 0 Å². The summed E-state index contributed by atoms with van der Waals surface area (Å²) in [4.78, 5) is 12.2. The highest BCUT2D eigenvalue weighted by Gasteiger charge is 2.13. The Labute approximate surface area is 133 Å². The molecule has 110 valence electrons. The molecule has 0 unspecified atom stereocenters. The van der Waals surface area contributed by atoms with Gasteiger partial charge < -0.3 is 9.47 Å². The van der Waals surface area contributed by atoms with Crippen LogP contribution in [0.4, 0.5) is 0 Å². The highest BCUT2D eigenvalue weighted by molar-refractivity contribution is 6.35. The van der Waals surface area contributed by atoms with Crippen LogP contribution in [0.3, 0.4) is 0 Å². The van der Waals surface area contributed by atoms with Crippen LogP contribution >= 0.6 is 23.2 Å². The molecule has 0 aliphatic rings. The minimum atomic E-state index is -0.242. The van der Waals surface area contributed by atoms with Crippen LogP contribution in [0.15, 0.2) is 42.5 Å². The van der Waals surface area contributed by atoms with Gasteiger partial charge in [-0.3, -0.25) is 4.79 Å². The first-order valence-corrected chi connectivity index (χ1v) is 7.20. The first-order chi connectivity index (χ1) is 10.1. The molecule has 3 nitrogen and oxygen atoms in total. The summed E-state index contributed by atoms with van der Waals surface area (Å²) in [7, 11) is 0. The van der Waals surface area contributed by atoms with Crippen LogP contribution in [-0.2, 0) is 0 Å². The molecule has 0 bridgehead atoms. The zero-order valence-electron chi connectivity index (χ0n) is 11.4. The molecule has 0 fully saturated rings. The molecule has 2 aromatic rings. The largest absolute Gasteiger partial charge is 0.490 e. The van der Waals surface area contributed by atoms with Gasteiger partial charge in [0.1, 0.15) is 0 Å². The number of para-hydroxylation sites is 2. The Kier molecular flexibility index (Phi) is 5.48. The van der Waals surface area contributed by atoms with E-state index in [9.17, 15) is 4.79 Å². The van der Waals surface area contributed by atoms with Gasteiger partial charge in [0.05, 0.1) is 11.6 Å². The molecule has 2 aromatic carbocycles. The molecule has 0 aromatic heterocycles. The molecule has 0 atom stereocenters. The third-order valence-corrected chi connectivity index (χ3v) is 3.30. The number of hydrogen-bond acceptors (Lipinski definition) is 3. The molecular formula is C16H14Cl2O3. The van der Waals surface area contributed by atoms with E-state index in [1.807, 2.05) is 19.1 Å². The number of hydrogen-bond donors (Lipinski definition) is 0. The van der Waals surface area contributed by atoms with Gasteiger partial charge in [0.2, 0.25) is 5.78 Å². The van der Waals surface area contributed by atoms with Gasteiger partial charge in [0.25, 0.3) is 0 Å². The molecule has 0 amide bonds. The van der Waals surface area contributed by atoms with Gasteiger partial charge in [-0.05, 0) is 37.3 Å². The van der Waals surface area contributed by atoms with Gasteiger partial charge in [0, 0.05) is 10.6 Å². The first kappa shape index (κ1) is 15.7. The molecule has 0 N–H and O–H groups in total. The van der Waals surface area contributed by atoms with Crippen molar-refractivity contribution < 1.29 is 14.3 Å². The van der Waals surface area contributed by atoms with E-state index in [2.05, 4.69) is 0 Å². The number of Topliss-reactive ketones (excluding diaryl/α,β-unsaturated/α-hetero) is 1. The lowest BCUT2D eigenvalue weighted by Crippen LogP contribution is -2.12. The standard InChI is InChI=1S/C16H14Cl2O3/c1-2-20-15-5-3-4-6-16(15)21-10-14(19)12-9-11(17)7-8-13(12)18/h3-9H,2,10H2,1H3. The summed E-state index contributed by atoms with van der Waals surface area (Å²) < 4.78 is 11.0. The van der Waals surface area contributed by atoms with Crippen LogP contribution < -0.4 is 9.47 Å². The summed E-state index contributed by atoms with van der Waals surface area (Å²) in [6.07, 6.45) is 0. The maximum atomic E-state index is 12.2. The van der Waals surface area contributed by atoms with Crippen molar-refractivity contribution in [2.45, 2.75) is 6.92 Å². The third-order valence-electron chi connectivity index (χ3n) is 2.74. The van der Waals surface area contributed by atoms with E-state index in [1.165, 1.54) is 6.07 Å². The van der Waals surface area contributed by atoms with E-state index in [4.69, 9.17) is 32.7 Å². The SMILES string of the molecule is CCOc1ccccc1OCC(=O)c1cc(Cl)ccc1Cl. The fourth-order valence-corrected chi connectivity index (χ4v) is 2.17. The molecule has 0 aliphatic heterocycles. The molecule has 5 heteroatoms. The predicted octanol–water partition coefficient (Wildman–Crippen LogP) is 4.65. The maximum Gasteiger partial charge on any atom is 0.201 e. The van der Waals surface area contributed by atoms with Crippen molar-refractivity contribution in [1.82, 2.24) is 0 Å². The number of ketones is 1. The molecule has 0 heterocycles. The quantitative estimate of drug-likeness (QED) is 0.725. The van der Waals surface area contributed by atoms with E-state index in [0.29, 0.717) is 33.7 Å². The van der Waals surface area contributed by atoms with Crippen LogP contribution in [0.2, 0.25) is 10.0 Å². The zero-order chi connectivity index (χ0) is 15.2. The second-order valence-corrected chi connectivity index (χ2v) is 5.06. The molecule has 21 heavy (non-hydrogen) atoms. The van der Waals surface area contributed by atoms with Crippen LogP contribution in [-0.4, -0.2) is 19.0 Å². The number of ether oxygens (including phenoxy) is 2. The minimum absolute atomic E-state index is 0.135. The van der Waals surface area contributed by atoms with Gasteiger partial charge in [0.15, 0.2) is 18.1 Å². The van der Waals surface area contributed by atoms with E-state index in [-0.39, 0.29) is 12.4 Å². The number of halogens is 2. The van der Waals surface area contributed by atoms with Crippen LogP contribution in [0.1, 0.15) is 17.3 Å². The van der Waals surface area contributed by atoms with E-state index < -0.39 is 0 Å². The molecule has 0 saturated heterocycles. The van der Waals surface area contributed by atoms with Crippen molar-refractivity contribution in [2.24, 2.45) is 0 Å². The molecule has 2 rings (SSSR count). The fourth-order valence-electron chi connectivity index (χ4n) is 1.78. The zero-order valence-corrected chi connectivity index (χ0v) is 12.9. The highest BCUT2D eigenvalue weighted by Crippen LogP contribution is 2.27. The Morgan fingerprint density at radius 3 is 2.38 bits per heavy atom. The Morgan fingerprint density at radius 1 is 1.05 bits per heavy atom. The van der Waals surface area contributed by atoms with Crippen LogP contribution in [0.25, 0.3) is 0 Å². The third kappa shape index (κ3) is 4.13. The van der Waals surface area contributed by atoms with Crippen molar-refractivity contribution in [3.63, 3.8) is 0 Å². The lowest BCUT2D eigenvalue weighted by molar-refractivity contribution is 0.0919. The van der Waals surface area contributed by atoms with Crippen molar-refractivity contribution in [3.05, 3.63) is 58.1 Å². The average molecular weight is 325 g/mol. The normalized spacial score (nSPS) is 10.2. The van der Waals surface area contributed by atoms with Crippen molar-refractivity contribution >= 4 is 29.0 Å². The first-order valence-electron chi connectivity index (χ1n) is 6.44. The molecule has 0 aliphatic carbocycles. The summed E-state index contributed by atoms with van der Waals surface area (Å²) in [5.74, 6) is 0.879. The second-order valence-electron chi connectivity index (χ2n) is 4.22. The van der Waals surface area contributed by atoms with Gasteiger partial charge in [-0.15, -0.1) is 0 Å². The van der Waals surface area contributed by atoms with Gasteiger partial charge in [-0.1, -0.05) is 35.3 Å². The fraction of sp³-hybridized carbons (Fsp3) is 0.188. The molecule has 0 spiro atoms. The molecule has 0 saturated carbocycles. The molecule has 0 radical (unpaired) electrons. The lowest BCUT2D eigenvalue weighted by atomic mass is 10.1. The topological polar surface area (TPSA) is 35.5 Å². The highest BCUT2D eigenvalue weighted by atomic mass is 35.5. The minimum Gasteiger partial charge on any atom is -0.490 e. The Balaban J connectivity index is 2.09. The Bertz CT molecular complexity index is 641. The number of carbonyl (C=O) groups excluding carboxylic acids is 1. The van der Waals surface area contributed by atoms with Crippen molar-refractivity contribution in [1.29, 1.82) is 0 Å². The summed E-state index contributed by atoms with van der Waals surface area (Å²) >= 11 is 11.9. The molecular weight excluding hydrogens is 311 g/mol. The van der Waals surface area contributed by atoms with Gasteiger partial charge in [-0.2, -0.15) is 0 Å². The van der Waals surface area contributed by atoms with E-state index >= 15 is 0 Å².